The van der Waals surface area contributed by atoms with Gasteiger partial charge in [-0.2, -0.15) is 15.0 Å². The summed E-state index contributed by atoms with van der Waals surface area (Å²) in [6, 6.07) is 4.09. The van der Waals surface area contributed by atoms with E-state index in [-0.39, 0.29) is 5.28 Å². The maximum atomic E-state index is 5.97. The molecule has 3 aromatic rings. The standard InChI is InChI=1S/C12H11ClN6S/c1-18(7-9-3-2-6-20-9)11-15-10(13)16-12(17-11)19-5-4-14-8-19/h2-6,8H,7H2,1H3. The molecule has 20 heavy (non-hydrogen) atoms. The Morgan fingerprint density at radius 2 is 2.25 bits per heavy atom. The Morgan fingerprint density at radius 1 is 1.35 bits per heavy atom. The van der Waals surface area contributed by atoms with E-state index in [1.165, 1.54) is 4.88 Å². The average molecular weight is 307 g/mol. The first-order valence-electron chi connectivity index (χ1n) is 5.86. The quantitative estimate of drug-likeness (QED) is 0.741. The zero-order valence-electron chi connectivity index (χ0n) is 10.6. The lowest BCUT2D eigenvalue weighted by Crippen LogP contribution is -2.20. The van der Waals surface area contributed by atoms with Crippen molar-refractivity contribution in [3.8, 4) is 5.95 Å². The van der Waals surface area contributed by atoms with Crippen LogP contribution in [-0.4, -0.2) is 31.6 Å². The topological polar surface area (TPSA) is 59.7 Å². The highest BCUT2D eigenvalue weighted by molar-refractivity contribution is 7.09. The first kappa shape index (κ1) is 13.0. The van der Waals surface area contributed by atoms with Gasteiger partial charge in [0.1, 0.15) is 6.33 Å². The van der Waals surface area contributed by atoms with Crippen LogP contribution in [0.2, 0.25) is 5.28 Å². The monoisotopic (exact) mass is 306 g/mol. The summed E-state index contributed by atoms with van der Waals surface area (Å²) < 4.78 is 1.69. The second kappa shape index (κ2) is 5.56. The molecule has 0 aliphatic rings. The SMILES string of the molecule is CN(Cc1cccs1)c1nc(Cl)nc(-n2ccnc2)n1. The summed E-state index contributed by atoms with van der Waals surface area (Å²) in [5, 5.41) is 2.21. The van der Waals surface area contributed by atoms with Crippen molar-refractivity contribution in [1.29, 1.82) is 0 Å². The van der Waals surface area contributed by atoms with Crippen molar-refractivity contribution >= 4 is 28.9 Å². The van der Waals surface area contributed by atoms with Crippen molar-refractivity contribution in [2.24, 2.45) is 0 Å². The second-order valence-electron chi connectivity index (χ2n) is 4.11. The molecule has 102 valence electrons. The highest BCUT2D eigenvalue weighted by Crippen LogP contribution is 2.17. The van der Waals surface area contributed by atoms with Gasteiger partial charge in [0, 0.05) is 24.3 Å². The fourth-order valence-corrected chi connectivity index (χ4v) is 2.61. The molecule has 0 amide bonds. The Labute approximate surface area is 124 Å². The summed E-state index contributed by atoms with van der Waals surface area (Å²) >= 11 is 7.66. The molecule has 0 aliphatic heterocycles. The van der Waals surface area contributed by atoms with Gasteiger partial charge in [-0.1, -0.05) is 6.07 Å². The third-order valence-corrected chi connectivity index (χ3v) is 3.66. The molecule has 0 radical (unpaired) electrons. The average Bonchev–Trinajstić information content (AvgIpc) is 3.11. The number of hydrogen-bond donors (Lipinski definition) is 0. The predicted molar refractivity (Wildman–Crippen MR) is 78.4 cm³/mol. The van der Waals surface area contributed by atoms with Crippen molar-refractivity contribution in [3.63, 3.8) is 0 Å². The number of nitrogens with zero attached hydrogens (tertiary/aromatic N) is 6. The summed E-state index contributed by atoms with van der Waals surface area (Å²) in [6.07, 6.45) is 5.04. The van der Waals surface area contributed by atoms with E-state index in [2.05, 4.69) is 26.0 Å². The third-order valence-electron chi connectivity index (χ3n) is 2.63. The molecule has 3 aromatic heterocycles. The lowest BCUT2D eigenvalue weighted by atomic mass is 10.4. The van der Waals surface area contributed by atoms with E-state index in [1.54, 1.807) is 34.6 Å². The van der Waals surface area contributed by atoms with E-state index >= 15 is 0 Å². The molecule has 0 bridgehead atoms. The van der Waals surface area contributed by atoms with Crippen LogP contribution in [0.15, 0.2) is 36.2 Å². The Morgan fingerprint density at radius 3 is 2.95 bits per heavy atom. The molecular formula is C12H11ClN6S. The molecular weight excluding hydrogens is 296 g/mol. The predicted octanol–water partition coefficient (Wildman–Crippen LogP) is 2.41. The lowest BCUT2D eigenvalue weighted by molar-refractivity contribution is 0.828. The zero-order valence-corrected chi connectivity index (χ0v) is 12.2. The van der Waals surface area contributed by atoms with Gasteiger partial charge in [0.25, 0.3) is 0 Å². The van der Waals surface area contributed by atoms with E-state index in [0.717, 1.165) is 6.54 Å². The van der Waals surface area contributed by atoms with Gasteiger partial charge in [-0.05, 0) is 23.0 Å². The number of rotatable bonds is 4. The molecule has 8 heteroatoms. The van der Waals surface area contributed by atoms with Crippen LogP contribution in [0.1, 0.15) is 4.88 Å². The van der Waals surface area contributed by atoms with Gasteiger partial charge in [0.2, 0.25) is 17.2 Å². The molecule has 3 heterocycles. The largest absolute Gasteiger partial charge is 0.339 e. The molecule has 0 aliphatic carbocycles. The van der Waals surface area contributed by atoms with Crippen LogP contribution in [0.3, 0.4) is 0 Å². The van der Waals surface area contributed by atoms with Crippen molar-refractivity contribution in [2.45, 2.75) is 6.54 Å². The fourth-order valence-electron chi connectivity index (χ4n) is 1.70. The van der Waals surface area contributed by atoms with Crippen molar-refractivity contribution in [3.05, 3.63) is 46.4 Å². The van der Waals surface area contributed by atoms with Gasteiger partial charge in [-0.3, -0.25) is 4.57 Å². The highest BCUT2D eigenvalue weighted by atomic mass is 35.5. The van der Waals surface area contributed by atoms with Crippen LogP contribution in [0.5, 0.6) is 0 Å². The Kier molecular flexibility index (Phi) is 3.62. The molecule has 0 saturated heterocycles. The summed E-state index contributed by atoms with van der Waals surface area (Å²) in [5.41, 5.74) is 0. The van der Waals surface area contributed by atoms with Gasteiger partial charge in [0.05, 0.1) is 6.54 Å². The van der Waals surface area contributed by atoms with Gasteiger partial charge in [0.15, 0.2) is 0 Å². The van der Waals surface area contributed by atoms with Gasteiger partial charge in [-0.25, -0.2) is 4.98 Å². The highest BCUT2D eigenvalue weighted by Gasteiger charge is 2.11. The van der Waals surface area contributed by atoms with E-state index in [4.69, 9.17) is 11.6 Å². The Bertz CT molecular complexity index is 682. The van der Waals surface area contributed by atoms with E-state index in [1.807, 2.05) is 23.4 Å². The Hall–Kier alpha value is -1.99. The van der Waals surface area contributed by atoms with E-state index in [0.29, 0.717) is 11.9 Å². The molecule has 0 fully saturated rings. The van der Waals surface area contributed by atoms with Gasteiger partial charge in [-0.15, -0.1) is 11.3 Å². The number of aromatic nitrogens is 5. The molecule has 0 aromatic carbocycles. The van der Waals surface area contributed by atoms with Crippen LogP contribution >= 0.6 is 22.9 Å². The van der Waals surface area contributed by atoms with Crippen LogP contribution in [0, 0.1) is 0 Å². The number of imidazole rings is 1. The number of hydrogen-bond acceptors (Lipinski definition) is 6. The maximum absolute atomic E-state index is 5.97. The minimum atomic E-state index is 0.164. The molecule has 0 saturated carbocycles. The summed E-state index contributed by atoms with van der Waals surface area (Å²) in [5.74, 6) is 0.984. The van der Waals surface area contributed by atoms with Gasteiger partial charge < -0.3 is 4.90 Å². The first-order chi connectivity index (χ1) is 9.72. The van der Waals surface area contributed by atoms with E-state index < -0.39 is 0 Å². The number of anilines is 1. The van der Waals surface area contributed by atoms with Crippen LogP contribution < -0.4 is 4.90 Å². The second-order valence-corrected chi connectivity index (χ2v) is 5.48. The van der Waals surface area contributed by atoms with Gasteiger partial charge >= 0.3 is 0 Å². The minimum absolute atomic E-state index is 0.164. The first-order valence-corrected chi connectivity index (χ1v) is 7.11. The molecule has 0 N–H and O–H groups in total. The number of thiophene rings is 1. The summed E-state index contributed by atoms with van der Waals surface area (Å²) in [7, 11) is 1.92. The van der Waals surface area contributed by atoms with Crippen LogP contribution in [-0.2, 0) is 6.54 Å². The summed E-state index contributed by atoms with van der Waals surface area (Å²) in [6.45, 7) is 0.724. The van der Waals surface area contributed by atoms with Crippen molar-refractivity contribution in [2.75, 3.05) is 11.9 Å². The fraction of sp³-hybridized carbons (Fsp3) is 0.167. The maximum Gasteiger partial charge on any atom is 0.241 e. The minimum Gasteiger partial charge on any atom is -0.339 e. The van der Waals surface area contributed by atoms with Crippen LogP contribution in [0.4, 0.5) is 5.95 Å². The smallest absolute Gasteiger partial charge is 0.241 e. The van der Waals surface area contributed by atoms with E-state index in [9.17, 15) is 0 Å². The van der Waals surface area contributed by atoms with Crippen molar-refractivity contribution < 1.29 is 0 Å². The molecule has 3 rings (SSSR count). The normalized spacial score (nSPS) is 10.7. The Balaban J connectivity index is 1.89. The lowest BCUT2D eigenvalue weighted by Gasteiger charge is -2.16. The molecule has 0 atom stereocenters. The molecule has 0 unspecified atom stereocenters. The number of halogens is 1. The summed E-state index contributed by atoms with van der Waals surface area (Å²) in [4.78, 5) is 19.8. The third kappa shape index (κ3) is 2.78. The molecule has 0 spiro atoms. The van der Waals surface area contributed by atoms with Crippen LogP contribution in [0.25, 0.3) is 5.95 Å². The van der Waals surface area contributed by atoms with Crippen molar-refractivity contribution in [1.82, 2.24) is 24.5 Å². The molecule has 6 nitrogen and oxygen atoms in total. The zero-order chi connectivity index (χ0) is 13.9.